The fourth-order valence-electron chi connectivity index (χ4n) is 3.93. The summed E-state index contributed by atoms with van der Waals surface area (Å²) in [6, 6.07) is 17.6. The lowest BCUT2D eigenvalue weighted by Gasteiger charge is -2.42. The number of amides is 1. The van der Waals surface area contributed by atoms with E-state index < -0.39 is 10.0 Å². The molecule has 1 aliphatic rings. The zero-order chi connectivity index (χ0) is 20.9. The maximum Gasteiger partial charge on any atom is 0.252 e. The van der Waals surface area contributed by atoms with Crippen LogP contribution in [-0.4, -0.2) is 44.0 Å². The topological polar surface area (TPSA) is 66.5 Å². The van der Waals surface area contributed by atoms with Crippen LogP contribution < -0.4 is 5.32 Å². The lowest BCUT2D eigenvalue weighted by molar-refractivity contribution is 0.0932. The fraction of sp³-hybridized carbons (Fsp3) is 0.409. The number of sulfonamides is 1. The predicted molar refractivity (Wildman–Crippen MR) is 124 cm³/mol. The van der Waals surface area contributed by atoms with E-state index in [1.807, 2.05) is 49.4 Å². The summed E-state index contributed by atoms with van der Waals surface area (Å²) < 4.78 is 27.5. The van der Waals surface area contributed by atoms with E-state index in [2.05, 4.69) is 40.0 Å². The maximum atomic E-state index is 12.8. The monoisotopic (exact) mass is 526 g/mol. The highest BCUT2D eigenvalue weighted by atomic mass is 127. The number of piperidine rings is 1. The Morgan fingerprint density at radius 3 is 2.31 bits per heavy atom. The summed E-state index contributed by atoms with van der Waals surface area (Å²) in [5.41, 5.74) is 1.55. The van der Waals surface area contributed by atoms with E-state index in [-0.39, 0.29) is 17.1 Å². The van der Waals surface area contributed by atoms with Crippen LogP contribution in [-0.2, 0) is 15.4 Å². The SMILES string of the molecule is CCCS(=O)(=O)N1CCC(CNC(=O)c2ccccc2I)(c2ccccc2)CC1. The number of hydrogen-bond donors (Lipinski definition) is 1. The third-order valence-corrected chi connectivity index (χ3v) is 8.64. The van der Waals surface area contributed by atoms with Gasteiger partial charge >= 0.3 is 0 Å². The Kier molecular flexibility index (Phi) is 7.34. The number of halogens is 1. The molecule has 0 spiro atoms. The van der Waals surface area contributed by atoms with E-state index >= 15 is 0 Å². The van der Waals surface area contributed by atoms with Crippen molar-refractivity contribution in [3.8, 4) is 0 Å². The van der Waals surface area contributed by atoms with Gasteiger partial charge in [0.25, 0.3) is 5.91 Å². The van der Waals surface area contributed by atoms with Gasteiger partial charge in [-0.25, -0.2) is 12.7 Å². The van der Waals surface area contributed by atoms with Gasteiger partial charge in [-0.3, -0.25) is 4.79 Å². The highest BCUT2D eigenvalue weighted by Gasteiger charge is 2.39. The molecule has 29 heavy (non-hydrogen) atoms. The van der Waals surface area contributed by atoms with Crippen LogP contribution in [0, 0.1) is 3.57 Å². The average molecular weight is 526 g/mol. The molecule has 156 valence electrons. The average Bonchev–Trinajstić information content (AvgIpc) is 2.73. The molecule has 1 N–H and O–H groups in total. The van der Waals surface area contributed by atoms with Crippen LogP contribution >= 0.6 is 22.6 Å². The van der Waals surface area contributed by atoms with Crippen LogP contribution in [0.1, 0.15) is 42.1 Å². The minimum absolute atomic E-state index is 0.0914. The molecule has 1 amide bonds. The van der Waals surface area contributed by atoms with Crippen molar-refractivity contribution < 1.29 is 13.2 Å². The highest BCUT2D eigenvalue weighted by Crippen LogP contribution is 2.36. The van der Waals surface area contributed by atoms with Gasteiger partial charge in [0.1, 0.15) is 0 Å². The molecule has 0 saturated carbocycles. The molecule has 0 bridgehead atoms. The third kappa shape index (κ3) is 5.19. The Morgan fingerprint density at radius 1 is 1.07 bits per heavy atom. The molecular formula is C22H27IN2O3S. The largest absolute Gasteiger partial charge is 0.351 e. The number of carbonyl (C=O) groups is 1. The van der Waals surface area contributed by atoms with Crippen molar-refractivity contribution in [3.05, 3.63) is 69.3 Å². The van der Waals surface area contributed by atoms with E-state index in [4.69, 9.17) is 0 Å². The zero-order valence-corrected chi connectivity index (χ0v) is 19.6. The fourth-order valence-corrected chi connectivity index (χ4v) is 6.07. The number of carbonyl (C=O) groups excluding carboxylic acids is 1. The van der Waals surface area contributed by atoms with E-state index in [0.29, 0.717) is 44.5 Å². The summed E-state index contributed by atoms with van der Waals surface area (Å²) in [7, 11) is -3.20. The summed E-state index contributed by atoms with van der Waals surface area (Å²) in [5, 5.41) is 3.12. The summed E-state index contributed by atoms with van der Waals surface area (Å²) in [6.45, 7) is 3.34. The van der Waals surface area contributed by atoms with E-state index in [1.54, 1.807) is 4.31 Å². The highest BCUT2D eigenvalue weighted by molar-refractivity contribution is 14.1. The normalized spacial score (nSPS) is 17.0. The molecule has 0 atom stereocenters. The minimum atomic E-state index is -3.20. The second kappa shape index (κ2) is 9.57. The molecule has 2 aromatic carbocycles. The summed E-state index contributed by atoms with van der Waals surface area (Å²) in [6.07, 6.45) is 1.99. The Morgan fingerprint density at radius 2 is 1.69 bits per heavy atom. The maximum absolute atomic E-state index is 12.8. The molecule has 5 nitrogen and oxygen atoms in total. The minimum Gasteiger partial charge on any atom is -0.351 e. The summed E-state index contributed by atoms with van der Waals surface area (Å²) in [5.74, 6) is 0.0977. The Bertz CT molecular complexity index is 940. The number of benzene rings is 2. The van der Waals surface area contributed by atoms with Crippen molar-refractivity contribution in [3.63, 3.8) is 0 Å². The van der Waals surface area contributed by atoms with E-state index in [1.165, 1.54) is 0 Å². The van der Waals surface area contributed by atoms with Gasteiger partial charge < -0.3 is 5.32 Å². The molecule has 1 fully saturated rings. The first-order valence-electron chi connectivity index (χ1n) is 9.94. The van der Waals surface area contributed by atoms with E-state index in [0.717, 1.165) is 9.13 Å². The van der Waals surface area contributed by atoms with Crippen molar-refractivity contribution in [2.75, 3.05) is 25.4 Å². The van der Waals surface area contributed by atoms with Crippen LogP contribution in [0.3, 0.4) is 0 Å². The van der Waals surface area contributed by atoms with Gasteiger partial charge in [-0.2, -0.15) is 0 Å². The van der Waals surface area contributed by atoms with Gasteiger partial charge in [0, 0.05) is 28.6 Å². The second-order valence-electron chi connectivity index (χ2n) is 7.52. The van der Waals surface area contributed by atoms with Crippen LogP contribution in [0.2, 0.25) is 0 Å². The molecule has 0 aromatic heterocycles. The molecule has 1 saturated heterocycles. The van der Waals surface area contributed by atoms with Gasteiger partial charge in [0.15, 0.2) is 0 Å². The first kappa shape index (κ1) is 22.2. The lowest BCUT2D eigenvalue weighted by atomic mass is 9.73. The third-order valence-electron chi connectivity index (χ3n) is 5.63. The van der Waals surface area contributed by atoms with Crippen molar-refractivity contribution in [1.82, 2.24) is 9.62 Å². The van der Waals surface area contributed by atoms with Gasteiger partial charge in [-0.1, -0.05) is 49.4 Å². The molecule has 0 aliphatic carbocycles. The van der Waals surface area contributed by atoms with Crippen molar-refractivity contribution in [1.29, 1.82) is 0 Å². The molecule has 0 unspecified atom stereocenters. The lowest BCUT2D eigenvalue weighted by Crippen LogP contribution is -2.50. The Labute approximate surface area is 187 Å². The Hall–Kier alpha value is -1.45. The molecule has 2 aromatic rings. The van der Waals surface area contributed by atoms with Crippen LogP contribution in [0.15, 0.2) is 54.6 Å². The van der Waals surface area contributed by atoms with Gasteiger partial charge in [-0.15, -0.1) is 0 Å². The van der Waals surface area contributed by atoms with Crippen LogP contribution in [0.25, 0.3) is 0 Å². The van der Waals surface area contributed by atoms with Crippen LogP contribution in [0.5, 0.6) is 0 Å². The van der Waals surface area contributed by atoms with Gasteiger partial charge in [-0.05, 0) is 59.5 Å². The molecule has 3 rings (SSSR count). The molecule has 1 heterocycles. The number of nitrogens with one attached hydrogen (secondary N) is 1. The first-order chi connectivity index (χ1) is 13.9. The predicted octanol–water partition coefficient (Wildman–Crippen LogP) is 3.79. The first-order valence-corrected chi connectivity index (χ1v) is 12.6. The molecule has 0 radical (unpaired) electrons. The van der Waals surface area contributed by atoms with Crippen molar-refractivity contribution in [2.45, 2.75) is 31.6 Å². The molecule has 7 heteroatoms. The standard InChI is InChI=1S/C22H27IN2O3S/c1-2-16-29(27,28)25-14-12-22(13-15-25,18-8-4-3-5-9-18)17-24-21(26)19-10-6-7-11-20(19)23/h3-11H,2,12-17H2,1H3,(H,24,26). The molecular weight excluding hydrogens is 499 g/mol. The summed E-state index contributed by atoms with van der Waals surface area (Å²) in [4.78, 5) is 12.8. The quantitative estimate of drug-likeness (QED) is 0.559. The summed E-state index contributed by atoms with van der Waals surface area (Å²) >= 11 is 2.17. The smallest absolute Gasteiger partial charge is 0.252 e. The van der Waals surface area contributed by atoms with Gasteiger partial charge in [0.05, 0.1) is 11.3 Å². The van der Waals surface area contributed by atoms with Crippen LogP contribution in [0.4, 0.5) is 0 Å². The number of nitrogens with zero attached hydrogens (tertiary/aromatic N) is 1. The molecule has 1 aliphatic heterocycles. The van der Waals surface area contributed by atoms with Crippen molar-refractivity contribution >= 4 is 38.5 Å². The van der Waals surface area contributed by atoms with E-state index in [9.17, 15) is 13.2 Å². The number of hydrogen-bond acceptors (Lipinski definition) is 3. The Balaban J connectivity index is 1.78. The second-order valence-corrected chi connectivity index (χ2v) is 10.8. The zero-order valence-electron chi connectivity index (χ0n) is 16.6. The van der Waals surface area contributed by atoms with Crippen molar-refractivity contribution in [2.24, 2.45) is 0 Å². The van der Waals surface area contributed by atoms with Gasteiger partial charge in [0.2, 0.25) is 10.0 Å². The number of rotatable bonds is 7.